The number of hydrogen-bond acceptors (Lipinski definition) is 2. The van der Waals surface area contributed by atoms with E-state index in [0.29, 0.717) is 12.0 Å². The average molecular weight is 330 g/mol. The Morgan fingerprint density at radius 2 is 1.65 bits per heavy atom. The van der Waals surface area contributed by atoms with Gasteiger partial charge in [-0.3, -0.25) is 4.72 Å². The normalized spacial score (nSPS) is 11.3. The van der Waals surface area contributed by atoms with Crippen molar-refractivity contribution in [1.82, 2.24) is 4.98 Å². The minimum atomic E-state index is -3.86. The lowest BCUT2D eigenvalue weighted by Gasteiger charge is -2.09. The summed E-state index contributed by atoms with van der Waals surface area (Å²) in [6.45, 7) is 0. The largest absolute Gasteiger partial charge is 0.366 e. The SMILES string of the molecule is O=S(=O)(Nc1ccccc1F)c1c[nH]cc1Cc1ccccc1. The van der Waals surface area contributed by atoms with Crippen LogP contribution in [-0.4, -0.2) is 13.4 Å². The van der Waals surface area contributed by atoms with Crippen LogP contribution in [0.5, 0.6) is 0 Å². The third-order valence-corrected chi connectivity index (χ3v) is 4.88. The number of benzene rings is 2. The maximum atomic E-state index is 13.7. The van der Waals surface area contributed by atoms with Crippen molar-refractivity contribution < 1.29 is 12.8 Å². The molecule has 0 radical (unpaired) electrons. The Kier molecular flexibility index (Phi) is 4.16. The fourth-order valence-electron chi connectivity index (χ4n) is 2.33. The molecule has 0 aliphatic heterocycles. The highest BCUT2D eigenvalue weighted by Crippen LogP contribution is 2.23. The molecule has 4 nitrogen and oxygen atoms in total. The van der Waals surface area contributed by atoms with Crippen LogP contribution < -0.4 is 4.72 Å². The predicted octanol–water partition coefficient (Wildman–Crippen LogP) is 3.55. The number of nitrogens with one attached hydrogen (secondary N) is 2. The standard InChI is InChI=1S/C17H15FN2O2S/c18-15-8-4-5-9-16(15)20-23(21,22)17-12-19-11-14(17)10-13-6-2-1-3-7-13/h1-9,11-12,19-20H,10H2. The van der Waals surface area contributed by atoms with Gasteiger partial charge in [0.05, 0.1) is 5.69 Å². The number of hydrogen-bond donors (Lipinski definition) is 2. The summed E-state index contributed by atoms with van der Waals surface area (Å²) < 4.78 is 41.0. The first-order chi connectivity index (χ1) is 11.1. The second-order valence-corrected chi connectivity index (χ2v) is 6.74. The molecule has 6 heteroatoms. The van der Waals surface area contributed by atoms with Gasteiger partial charge in [-0.05, 0) is 23.3 Å². The molecule has 23 heavy (non-hydrogen) atoms. The average Bonchev–Trinajstić information content (AvgIpc) is 3.00. The molecular weight excluding hydrogens is 315 g/mol. The van der Waals surface area contributed by atoms with Crippen LogP contribution in [0.15, 0.2) is 71.9 Å². The molecule has 0 saturated carbocycles. The van der Waals surface area contributed by atoms with E-state index in [4.69, 9.17) is 0 Å². The second-order valence-electron chi connectivity index (χ2n) is 5.09. The Hall–Kier alpha value is -2.60. The van der Waals surface area contributed by atoms with Crippen LogP contribution in [0.3, 0.4) is 0 Å². The first-order valence-corrected chi connectivity index (χ1v) is 8.51. The van der Waals surface area contributed by atoms with Crippen LogP contribution >= 0.6 is 0 Å². The van der Waals surface area contributed by atoms with Crippen molar-refractivity contribution in [2.45, 2.75) is 11.3 Å². The summed E-state index contributed by atoms with van der Waals surface area (Å²) >= 11 is 0. The van der Waals surface area contributed by atoms with E-state index >= 15 is 0 Å². The molecule has 1 aromatic heterocycles. The van der Waals surface area contributed by atoms with Crippen LogP contribution in [-0.2, 0) is 16.4 Å². The smallest absolute Gasteiger partial charge is 0.263 e. The Labute approximate surface area is 134 Å². The summed E-state index contributed by atoms with van der Waals surface area (Å²) in [6, 6.07) is 15.2. The van der Waals surface area contributed by atoms with Gasteiger partial charge in [-0.2, -0.15) is 0 Å². The Bertz CT molecular complexity index is 905. The van der Waals surface area contributed by atoms with Gasteiger partial charge in [-0.1, -0.05) is 42.5 Å². The second kappa shape index (κ2) is 6.26. The Morgan fingerprint density at radius 3 is 2.39 bits per heavy atom. The van der Waals surface area contributed by atoms with Crippen molar-refractivity contribution in [3.63, 3.8) is 0 Å². The molecule has 0 saturated heterocycles. The van der Waals surface area contributed by atoms with Crippen molar-refractivity contribution in [1.29, 1.82) is 0 Å². The first kappa shape index (κ1) is 15.3. The highest BCUT2D eigenvalue weighted by atomic mass is 32.2. The number of anilines is 1. The maximum Gasteiger partial charge on any atom is 0.263 e. The van der Waals surface area contributed by atoms with Gasteiger partial charge in [-0.15, -0.1) is 0 Å². The number of rotatable bonds is 5. The molecule has 1 heterocycles. The minimum Gasteiger partial charge on any atom is -0.366 e. The molecular formula is C17H15FN2O2S. The van der Waals surface area contributed by atoms with Crippen LogP contribution in [0.2, 0.25) is 0 Å². The van der Waals surface area contributed by atoms with Crippen molar-refractivity contribution in [2.24, 2.45) is 0 Å². The molecule has 0 fully saturated rings. The molecule has 3 rings (SSSR count). The number of para-hydroxylation sites is 1. The van der Waals surface area contributed by atoms with Gasteiger partial charge in [0.1, 0.15) is 10.7 Å². The van der Waals surface area contributed by atoms with Gasteiger partial charge in [0.25, 0.3) is 10.0 Å². The lowest BCUT2D eigenvalue weighted by Crippen LogP contribution is -2.15. The van der Waals surface area contributed by atoms with Gasteiger partial charge < -0.3 is 4.98 Å². The summed E-state index contributed by atoms with van der Waals surface area (Å²) in [6.07, 6.45) is 3.52. The van der Waals surface area contributed by atoms with Gasteiger partial charge in [0.15, 0.2) is 0 Å². The highest BCUT2D eigenvalue weighted by molar-refractivity contribution is 7.92. The van der Waals surface area contributed by atoms with Gasteiger partial charge in [0, 0.05) is 18.8 Å². The number of halogens is 1. The predicted molar refractivity (Wildman–Crippen MR) is 87.2 cm³/mol. The summed E-state index contributed by atoms with van der Waals surface area (Å²) in [5.41, 5.74) is 1.55. The fourth-order valence-corrected chi connectivity index (χ4v) is 3.59. The van der Waals surface area contributed by atoms with Crippen LogP contribution in [0, 0.1) is 5.82 Å². The van der Waals surface area contributed by atoms with E-state index in [1.165, 1.54) is 24.4 Å². The van der Waals surface area contributed by atoms with Crippen molar-refractivity contribution in [3.8, 4) is 0 Å². The number of aromatic amines is 1. The summed E-state index contributed by atoms with van der Waals surface area (Å²) in [4.78, 5) is 2.93. The van der Waals surface area contributed by atoms with Crippen molar-refractivity contribution >= 4 is 15.7 Å². The van der Waals surface area contributed by atoms with Crippen LogP contribution in [0.4, 0.5) is 10.1 Å². The van der Waals surface area contributed by atoms with Gasteiger partial charge >= 0.3 is 0 Å². The summed E-state index contributed by atoms with van der Waals surface area (Å²) in [5, 5.41) is 0. The molecule has 0 atom stereocenters. The van der Waals surface area contributed by atoms with Gasteiger partial charge in [0.2, 0.25) is 0 Å². The van der Waals surface area contributed by atoms with Crippen molar-refractivity contribution in [3.05, 3.63) is 83.9 Å². The van der Waals surface area contributed by atoms with E-state index < -0.39 is 15.8 Å². The molecule has 2 aromatic carbocycles. The van der Waals surface area contributed by atoms with E-state index in [-0.39, 0.29) is 10.6 Å². The lowest BCUT2D eigenvalue weighted by atomic mass is 10.1. The summed E-state index contributed by atoms with van der Waals surface area (Å²) in [5.74, 6) is -0.615. The van der Waals surface area contributed by atoms with E-state index in [9.17, 15) is 12.8 Å². The third kappa shape index (κ3) is 3.43. The third-order valence-electron chi connectivity index (χ3n) is 3.43. The fraction of sp³-hybridized carbons (Fsp3) is 0.0588. The van der Waals surface area contributed by atoms with E-state index in [1.54, 1.807) is 12.3 Å². The monoisotopic (exact) mass is 330 g/mol. The molecule has 0 unspecified atom stereocenters. The quantitative estimate of drug-likeness (QED) is 0.751. The zero-order valence-corrected chi connectivity index (χ0v) is 13.0. The van der Waals surface area contributed by atoms with E-state index in [0.717, 1.165) is 5.56 Å². The number of sulfonamides is 1. The van der Waals surface area contributed by atoms with E-state index in [2.05, 4.69) is 9.71 Å². The zero-order chi connectivity index (χ0) is 16.3. The summed E-state index contributed by atoms with van der Waals surface area (Å²) in [7, 11) is -3.86. The molecule has 118 valence electrons. The van der Waals surface area contributed by atoms with Crippen LogP contribution in [0.1, 0.15) is 11.1 Å². The molecule has 0 amide bonds. The molecule has 0 aliphatic rings. The Morgan fingerprint density at radius 1 is 0.957 bits per heavy atom. The number of H-pyrrole nitrogens is 1. The molecule has 3 aromatic rings. The zero-order valence-electron chi connectivity index (χ0n) is 12.2. The van der Waals surface area contributed by atoms with E-state index in [1.807, 2.05) is 30.3 Å². The molecule has 2 N–H and O–H groups in total. The first-order valence-electron chi connectivity index (χ1n) is 7.03. The lowest BCUT2D eigenvalue weighted by molar-refractivity contribution is 0.598. The topological polar surface area (TPSA) is 62.0 Å². The maximum absolute atomic E-state index is 13.7. The van der Waals surface area contributed by atoms with Crippen molar-refractivity contribution in [2.75, 3.05) is 4.72 Å². The highest BCUT2D eigenvalue weighted by Gasteiger charge is 2.21. The molecule has 0 bridgehead atoms. The number of aromatic nitrogens is 1. The van der Waals surface area contributed by atoms with Gasteiger partial charge in [-0.25, -0.2) is 12.8 Å². The molecule has 0 aliphatic carbocycles. The molecule has 0 spiro atoms. The van der Waals surface area contributed by atoms with Crippen LogP contribution in [0.25, 0.3) is 0 Å². The Balaban J connectivity index is 1.90. The minimum absolute atomic E-state index is 0.0700.